The van der Waals surface area contributed by atoms with Crippen molar-refractivity contribution in [2.45, 2.75) is 58.6 Å². The van der Waals surface area contributed by atoms with Crippen LogP contribution in [0.25, 0.3) is 0 Å². The van der Waals surface area contributed by atoms with Gasteiger partial charge in [-0.25, -0.2) is 0 Å². The number of para-hydroxylation sites is 1. The SMILES string of the molecule is CCc1ccccc1OC1CC(C)(C)CCC1NC. The van der Waals surface area contributed by atoms with Crippen molar-refractivity contribution in [2.75, 3.05) is 7.05 Å². The predicted molar refractivity (Wildman–Crippen MR) is 80.7 cm³/mol. The zero-order chi connectivity index (χ0) is 13.9. The van der Waals surface area contributed by atoms with E-state index in [-0.39, 0.29) is 6.10 Å². The van der Waals surface area contributed by atoms with Crippen molar-refractivity contribution < 1.29 is 4.74 Å². The summed E-state index contributed by atoms with van der Waals surface area (Å²) in [6.07, 6.45) is 4.89. The number of benzene rings is 1. The van der Waals surface area contributed by atoms with E-state index in [9.17, 15) is 0 Å². The van der Waals surface area contributed by atoms with Crippen molar-refractivity contribution in [1.82, 2.24) is 5.32 Å². The Morgan fingerprint density at radius 3 is 2.74 bits per heavy atom. The van der Waals surface area contributed by atoms with E-state index < -0.39 is 0 Å². The molecule has 2 heteroatoms. The van der Waals surface area contributed by atoms with E-state index in [0.29, 0.717) is 11.5 Å². The second-order valence-electron chi connectivity index (χ2n) is 6.42. The minimum Gasteiger partial charge on any atom is -0.489 e. The molecule has 0 spiro atoms. The Morgan fingerprint density at radius 2 is 2.05 bits per heavy atom. The van der Waals surface area contributed by atoms with E-state index in [1.54, 1.807) is 0 Å². The number of hydrogen-bond donors (Lipinski definition) is 1. The fraction of sp³-hybridized carbons (Fsp3) is 0.647. The molecule has 1 fully saturated rings. The van der Waals surface area contributed by atoms with E-state index in [4.69, 9.17) is 4.74 Å². The van der Waals surface area contributed by atoms with E-state index in [0.717, 1.165) is 18.6 Å². The van der Waals surface area contributed by atoms with Crippen molar-refractivity contribution >= 4 is 0 Å². The van der Waals surface area contributed by atoms with Crippen LogP contribution in [-0.2, 0) is 6.42 Å². The smallest absolute Gasteiger partial charge is 0.122 e. The topological polar surface area (TPSA) is 21.3 Å². The Hall–Kier alpha value is -1.02. The maximum atomic E-state index is 6.35. The lowest BCUT2D eigenvalue weighted by molar-refractivity contribution is 0.0552. The van der Waals surface area contributed by atoms with Gasteiger partial charge in [-0.15, -0.1) is 0 Å². The third kappa shape index (κ3) is 3.50. The second kappa shape index (κ2) is 5.96. The summed E-state index contributed by atoms with van der Waals surface area (Å²) < 4.78 is 6.35. The molecule has 0 aromatic heterocycles. The van der Waals surface area contributed by atoms with E-state index in [2.05, 4.69) is 50.4 Å². The third-order valence-electron chi connectivity index (χ3n) is 4.34. The highest BCUT2D eigenvalue weighted by Crippen LogP contribution is 2.37. The minimum atomic E-state index is 0.279. The van der Waals surface area contributed by atoms with Crippen LogP contribution in [-0.4, -0.2) is 19.2 Å². The van der Waals surface area contributed by atoms with Crippen molar-refractivity contribution in [1.29, 1.82) is 0 Å². The lowest BCUT2D eigenvalue weighted by atomic mass is 9.74. The maximum absolute atomic E-state index is 6.35. The molecule has 1 saturated carbocycles. The number of rotatable bonds is 4. The van der Waals surface area contributed by atoms with Crippen LogP contribution in [0.4, 0.5) is 0 Å². The van der Waals surface area contributed by atoms with E-state index in [1.807, 2.05) is 7.05 Å². The molecule has 0 saturated heterocycles. The molecular formula is C17H27NO. The van der Waals surface area contributed by atoms with Crippen molar-refractivity contribution in [3.05, 3.63) is 29.8 Å². The summed E-state index contributed by atoms with van der Waals surface area (Å²) in [5.41, 5.74) is 1.69. The lowest BCUT2D eigenvalue weighted by Crippen LogP contribution is -2.47. The maximum Gasteiger partial charge on any atom is 0.122 e. The lowest BCUT2D eigenvalue weighted by Gasteiger charge is -2.40. The van der Waals surface area contributed by atoms with Crippen LogP contribution in [0.2, 0.25) is 0 Å². The molecule has 2 atom stereocenters. The second-order valence-corrected chi connectivity index (χ2v) is 6.42. The van der Waals surface area contributed by atoms with Gasteiger partial charge in [0, 0.05) is 6.04 Å². The highest BCUT2D eigenvalue weighted by Gasteiger charge is 2.35. The van der Waals surface area contributed by atoms with Crippen LogP contribution in [0.5, 0.6) is 5.75 Å². The van der Waals surface area contributed by atoms with E-state index >= 15 is 0 Å². The third-order valence-corrected chi connectivity index (χ3v) is 4.34. The molecule has 19 heavy (non-hydrogen) atoms. The average Bonchev–Trinajstić information content (AvgIpc) is 2.39. The number of hydrogen-bond acceptors (Lipinski definition) is 2. The molecule has 2 nitrogen and oxygen atoms in total. The predicted octanol–water partition coefficient (Wildman–Crippen LogP) is 3.79. The minimum absolute atomic E-state index is 0.279. The summed E-state index contributed by atoms with van der Waals surface area (Å²) in [6, 6.07) is 8.89. The Bertz CT molecular complexity index is 413. The van der Waals surface area contributed by atoms with Gasteiger partial charge in [0.2, 0.25) is 0 Å². The first kappa shape index (κ1) is 14.4. The molecule has 1 aromatic carbocycles. The molecule has 0 amide bonds. The summed E-state index contributed by atoms with van der Waals surface area (Å²) >= 11 is 0. The Morgan fingerprint density at radius 1 is 1.32 bits per heavy atom. The van der Waals surface area contributed by atoms with Crippen LogP contribution in [0.1, 0.15) is 45.6 Å². The van der Waals surface area contributed by atoms with Gasteiger partial charge in [0.25, 0.3) is 0 Å². The first-order valence-corrected chi connectivity index (χ1v) is 7.47. The van der Waals surface area contributed by atoms with Crippen LogP contribution < -0.4 is 10.1 Å². The molecule has 0 bridgehead atoms. The van der Waals surface area contributed by atoms with Gasteiger partial charge in [-0.2, -0.15) is 0 Å². The van der Waals surface area contributed by atoms with Crippen molar-refractivity contribution in [3.63, 3.8) is 0 Å². The zero-order valence-electron chi connectivity index (χ0n) is 12.7. The molecule has 1 aliphatic carbocycles. The summed E-state index contributed by atoms with van der Waals surface area (Å²) in [5.74, 6) is 1.06. The normalized spacial score (nSPS) is 26.1. The molecule has 0 radical (unpaired) electrons. The first-order valence-electron chi connectivity index (χ1n) is 7.47. The van der Waals surface area contributed by atoms with Gasteiger partial charge >= 0.3 is 0 Å². The molecule has 1 N–H and O–H groups in total. The van der Waals surface area contributed by atoms with Gasteiger partial charge < -0.3 is 10.1 Å². The van der Waals surface area contributed by atoms with Crippen LogP contribution in [0.3, 0.4) is 0 Å². The number of ether oxygens (including phenoxy) is 1. The Balaban J connectivity index is 2.14. The first-order chi connectivity index (χ1) is 9.05. The molecule has 2 rings (SSSR count). The van der Waals surface area contributed by atoms with Crippen LogP contribution in [0, 0.1) is 5.41 Å². The zero-order valence-corrected chi connectivity index (χ0v) is 12.7. The summed E-state index contributed by atoms with van der Waals surface area (Å²) in [6.45, 7) is 6.88. The van der Waals surface area contributed by atoms with Crippen LogP contribution >= 0.6 is 0 Å². The highest BCUT2D eigenvalue weighted by atomic mass is 16.5. The standard InChI is InChI=1S/C17H27NO/c1-5-13-8-6-7-9-15(13)19-16-12-17(2,3)11-10-14(16)18-4/h6-9,14,16,18H,5,10-12H2,1-4H3. The van der Waals surface area contributed by atoms with Gasteiger partial charge in [-0.3, -0.25) is 0 Å². The Labute approximate surface area is 117 Å². The number of likely N-dealkylation sites (N-methyl/N-ethyl adjacent to an activating group) is 1. The largest absolute Gasteiger partial charge is 0.489 e. The van der Waals surface area contributed by atoms with Crippen molar-refractivity contribution in [3.8, 4) is 5.75 Å². The molecular weight excluding hydrogens is 234 g/mol. The van der Waals surface area contributed by atoms with Gasteiger partial charge in [-0.1, -0.05) is 39.0 Å². The highest BCUT2D eigenvalue weighted by molar-refractivity contribution is 5.33. The monoisotopic (exact) mass is 261 g/mol. The van der Waals surface area contributed by atoms with Crippen LogP contribution in [0.15, 0.2) is 24.3 Å². The van der Waals surface area contributed by atoms with Crippen molar-refractivity contribution in [2.24, 2.45) is 5.41 Å². The van der Waals surface area contributed by atoms with E-state index in [1.165, 1.54) is 18.4 Å². The molecule has 106 valence electrons. The molecule has 2 unspecified atom stereocenters. The number of aryl methyl sites for hydroxylation is 1. The van der Waals surface area contributed by atoms with Gasteiger partial charge in [0.1, 0.15) is 11.9 Å². The summed E-state index contributed by atoms with van der Waals surface area (Å²) in [5, 5.41) is 3.42. The summed E-state index contributed by atoms with van der Waals surface area (Å²) in [4.78, 5) is 0. The molecule has 0 heterocycles. The molecule has 1 aliphatic rings. The van der Waals surface area contributed by atoms with Gasteiger partial charge in [0.05, 0.1) is 0 Å². The van der Waals surface area contributed by atoms with Gasteiger partial charge in [0.15, 0.2) is 0 Å². The molecule has 1 aromatic rings. The fourth-order valence-corrected chi connectivity index (χ4v) is 3.05. The summed E-state index contributed by atoms with van der Waals surface area (Å²) in [7, 11) is 2.05. The Kier molecular flexibility index (Phi) is 4.51. The fourth-order valence-electron chi connectivity index (χ4n) is 3.05. The average molecular weight is 261 g/mol. The van der Waals surface area contributed by atoms with Gasteiger partial charge in [-0.05, 0) is 49.8 Å². The quantitative estimate of drug-likeness (QED) is 0.890. The number of nitrogens with one attached hydrogen (secondary N) is 1. The molecule has 0 aliphatic heterocycles.